The van der Waals surface area contributed by atoms with Crippen LogP contribution in [0.15, 0.2) is 50.8 Å². The fraction of sp³-hybridized carbons (Fsp3) is 0.333. The number of carbonyl (C=O) groups excluding carboxylic acids is 1. The zero-order chi connectivity index (χ0) is 22.4. The summed E-state index contributed by atoms with van der Waals surface area (Å²) in [6.07, 6.45) is 2.47. The number of para-hydroxylation sites is 1. The summed E-state index contributed by atoms with van der Waals surface area (Å²) >= 11 is 0. The van der Waals surface area contributed by atoms with Crippen LogP contribution >= 0.6 is 0 Å². The van der Waals surface area contributed by atoms with E-state index >= 15 is 0 Å². The van der Waals surface area contributed by atoms with E-state index in [2.05, 4.69) is 15.1 Å². The van der Waals surface area contributed by atoms with Crippen molar-refractivity contribution in [3.05, 3.63) is 69.2 Å². The fourth-order valence-corrected chi connectivity index (χ4v) is 4.08. The summed E-state index contributed by atoms with van der Waals surface area (Å²) in [5, 5.41) is 4.07. The number of fused-ring (bicyclic) bond motifs is 1. The smallest absolute Gasteiger partial charge is 0.332 e. The highest BCUT2D eigenvalue weighted by atomic mass is 16.5. The van der Waals surface area contributed by atoms with Gasteiger partial charge in [0.15, 0.2) is 17.0 Å². The normalized spacial score (nSPS) is 16.8. The number of benzene rings is 1. The average Bonchev–Trinajstić information content (AvgIpc) is 3.43. The van der Waals surface area contributed by atoms with E-state index in [1.54, 1.807) is 23.6 Å². The molecule has 0 saturated carbocycles. The maximum absolute atomic E-state index is 12.9. The molecule has 0 radical (unpaired) electrons. The summed E-state index contributed by atoms with van der Waals surface area (Å²) in [6, 6.07) is 9.44. The van der Waals surface area contributed by atoms with Crippen LogP contribution in [0.5, 0.6) is 0 Å². The Labute approximate surface area is 181 Å². The van der Waals surface area contributed by atoms with Gasteiger partial charge in [-0.3, -0.25) is 14.2 Å². The van der Waals surface area contributed by atoms with Crippen LogP contribution in [0.1, 0.15) is 30.5 Å². The number of carbonyl (C=O) groups is 1. The van der Waals surface area contributed by atoms with Crippen molar-refractivity contribution in [2.45, 2.75) is 25.3 Å². The molecule has 32 heavy (non-hydrogen) atoms. The molecule has 11 nitrogen and oxygen atoms in total. The van der Waals surface area contributed by atoms with Crippen molar-refractivity contribution >= 4 is 22.8 Å². The number of piperidine rings is 1. The lowest BCUT2D eigenvalue weighted by molar-refractivity contribution is -0.119. The highest BCUT2D eigenvalue weighted by Crippen LogP contribution is 2.29. The molecular formula is C21H21N7O4. The van der Waals surface area contributed by atoms with Gasteiger partial charge in [-0.25, -0.2) is 14.3 Å². The van der Waals surface area contributed by atoms with Gasteiger partial charge in [-0.2, -0.15) is 4.98 Å². The van der Waals surface area contributed by atoms with E-state index in [-0.39, 0.29) is 24.3 Å². The summed E-state index contributed by atoms with van der Waals surface area (Å²) in [4.78, 5) is 48.3. The fourth-order valence-electron chi connectivity index (χ4n) is 4.08. The molecule has 11 heteroatoms. The topological polar surface area (TPSA) is 121 Å². The molecule has 1 atom stereocenters. The van der Waals surface area contributed by atoms with Gasteiger partial charge in [0.05, 0.1) is 6.33 Å². The minimum absolute atomic E-state index is 0.0516. The van der Waals surface area contributed by atoms with E-state index in [9.17, 15) is 14.4 Å². The maximum atomic E-state index is 12.9. The van der Waals surface area contributed by atoms with E-state index in [1.807, 2.05) is 30.3 Å². The van der Waals surface area contributed by atoms with Gasteiger partial charge in [0.2, 0.25) is 11.8 Å². The van der Waals surface area contributed by atoms with Gasteiger partial charge in [-0.15, -0.1) is 0 Å². The quantitative estimate of drug-likeness (QED) is 0.464. The Morgan fingerprint density at radius 2 is 1.91 bits per heavy atom. The first-order valence-corrected chi connectivity index (χ1v) is 10.2. The zero-order valence-corrected chi connectivity index (χ0v) is 17.6. The number of amides is 1. The van der Waals surface area contributed by atoms with Crippen LogP contribution < -0.4 is 16.1 Å². The summed E-state index contributed by atoms with van der Waals surface area (Å²) < 4.78 is 9.32. The van der Waals surface area contributed by atoms with Crippen LogP contribution in [0, 0.1) is 0 Å². The van der Waals surface area contributed by atoms with Crippen LogP contribution in [0.4, 0.5) is 5.69 Å². The second-order valence-electron chi connectivity index (χ2n) is 7.88. The molecule has 0 bridgehead atoms. The van der Waals surface area contributed by atoms with Crippen molar-refractivity contribution in [2.24, 2.45) is 14.1 Å². The maximum Gasteiger partial charge on any atom is 0.332 e. The van der Waals surface area contributed by atoms with Crippen LogP contribution in [0.3, 0.4) is 0 Å². The number of anilines is 1. The van der Waals surface area contributed by atoms with Gasteiger partial charge in [0.1, 0.15) is 6.54 Å². The van der Waals surface area contributed by atoms with E-state index in [0.29, 0.717) is 36.4 Å². The minimum atomic E-state index is -0.514. The van der Waals surface area contributed by atoms with Crippen molar-refractivity contribution in [3.8, 4) is 0 Å². The van der Waals surface area contributed by atoms with Crippen molar-refractivity contribution in [1.82, 2.24) is 28.8 Å². The number of aryl methyl sites for hydroxylation is 2. The SMILES string of the molecule is Cn1cnc2c1c(=O)n(Cc1nc(C3CCC(=O)N(c4ccccc4)C3)no1)c(=O)n2C. The largest absolute Gasteiger partial charge is 0.337 e. The van der Waals surface area contributed by atoms with Crippen molar-refractivity contribution in [3.63, 3.8) is 0 Å². The van der Waals surface area contributed by atoms with Gasteiger partial charge >= 0.3 is 5.69 Å². The molecule has 4 aromatic rings. The van der Waals surface area contributed by atoms with Crippen molar-refractivity contribution in [2.75, 3.05) is 11.4 Å². The molecule has 5 rings (SSSR count). The average molecular weight is 435 g/mol. The first-order chi connectivity index (χ1) is 15.4. The molecule has 1 fully saturated rings. The molecule has 1 saturated heterocycles. The van der Waals surface area contributed by atoms with Crippen molar-refractivity contribution < 1.29 is 9.32 Å². The third-order valence-electron chi connectivity index (χ3n) is 5.82. The third kappa shape index (κ3) is 3.22. The summed E-state index contributed by atoms with van der Waals surface area (Å²) in [5.74, 6) is 0.559. The predicted octanol–water partition coefficient (Wildman–Crippen LogP) is 0.776. The van der Waals surface area contributed by atoms with Gasteiger partial charge in [-0.05, 0) is 18.6 Å². The summed E-state index contributed by atoms with van der Waals surface area (Å²) in [6.45, 7) is 0.290. The van der Waals surface area contributed by atoms with E-state index < -0.39 is 11.2 Å². The molecule has 0 spiro atoms. The molecule has 164 valence electrons. The number of aromatic nitrogens is 6. The summed E-state index contributed by atoms with van der Waals surface area (Å²) in [7, 11) is 3.25. The third-order valence-corrected chi connectivity index (χ3v) is 5.82. The number of hydrogen-bond donors (Lipinski definition) is 0. The Morgan fingerprint density at radius 1 is 1.12 bits per heavy atom. The van der Waals surface area contributed by atoms with Gasteiger partial charge in [0, 0.05) is 38.7 Å². The van der Waals surface area contributed by atoms with Gasteiger partial charge in [-0.1, -0.05) is 23.4 Å². The van der Waals surface area contributed by atoms with E-state index in [0.717, 1.165) is 10.3 Å². The number of hydrogen-bond acceptors (Lipinski definition) is 7. The lowest BCUT2D eigenvalue weighted by Crippen LogP contribution is -2.40. The molecular weight excluding hydrogens is 414 g/mol. The zero-order valence-electron chi connectivity index (χ0n) is 17.6. The Bertz CT molecular complexity index is 1430. The van der Waals surface area contributed by atoms with E-state index in [4.69, 9.17) is 4.52 Å². The highest BCUT2D eigenvalue weighted by Gasteiger charge is 2.30. The highest BCUT2D eigenvalue weighted by molar-refractivity contribution is 5.94. The first kappa shape index (κ1) is 19.9. The van der Waals surface area contributed by atoms with Gasteiger partial charge < -0.3 is 14.0 Å². The molecule has 1 aliphatic heterocycles. The predicted molar refractivity (Wildman–Crippen MR) is 114 cm³/mol. The minimum Gasteiger partial charge on any atom is -0.337 e. The van der Waals surface area contributed by atoms with Crippen LogP contribution in [-0.2, 0) is 25.4 Å². The first-order valence-electron chi connectivity index (χ1n) is 10.2. The molecule has 0 N–H and O–H groups in total. The molecule has 1 unspecified atom stereocenters. The monoisotopic (exact) mass is 435 g/mol. The number of imidazole rings is 1. The molecule has 3 aromatic heterocycles. The Morgan fingerprint density at radius 3 is 2.69 bits per heavy atom. The summed E-state index contributed by atoms with van der Waals surface area (Å²) in [5.41, 5.74) is 0.472. The number of nitrogens with zero attached hydrogens (tertiary/aromatic N) is 7. The standard InChI is InChI=1S/C21H21N7O4/c1-25-12-22-19-17(25)20(30)28(21(31)26(19)2)11-15-23-18(24-32-15)13-8-9-16(29)27(10-13)14-6-4-3-5-7-14/h3-7,12-13H,8-11H2,1-2H3. The Hall–Kier alpha value is -4.02. The molecule has 1 aromatic carbocycles. The molecule has 0 aliphatic carbocycles. The van der Waals surface area contributed by atoms with Crippen LogP contribution in [0.25, 0.3) is 11.2 Å². The molecule has 1 aliphatic rings. The number of rotatable bonds is 4. The lowest BCUT2D eigenvalue weighted by atomic mass is 9.96. The van der Waals surface area contributed by atoms with Crippen LogP contribution in [-0.4, -0.2) is 41.3 Å². The Balaban J connectivity index is 1.43. The Kier molecular flexibility index (Phi) is 4.72. The van der Waals surface area contributed by atoms with Gasteiger partial charge in [0.25, 0.3) is 5.56 Å². The van der Waals surface area contributed by atoms with Crippen LogP contribution in [0.2, 0.25) is 0 Å². The molecule has 1 amide bonds. The van der Waals surface area contributed by atoms with E-state index in [1.165, 1.54) is 10.9 Å². The lowest BCUT2D eigenvalue weighted by Gasteiger charge is -2.31. The second-order valence-corrected chi connectivity index (χ2v) is 7.88. The molecule has 4 heterocycles. The van der Waals surface area contributed by atoms with Crippen molar-refractivity contribution in [1.29, 1.82) is 0 Å². The second kappa shape index (κ2) is 7.59.